The molecule has 1 aliphatic heterocycles. The van der Waals surface area contributed by atoms with Crippen LogP contribution >= 0.6 is 0 Å². The van der Waals surface area contributed by atoms with E-state index in [1.54, 1.807) is 0 Å². The highest BCUT2D eigenvalue weighted by molar-refractivity contribution is 5.42. The summed E-state index contributed by atoms with van der Waals surface area (Å²) in [5.74, 6) is 1.10. The minimum absolute atomic E-state index is 0. The van der Waals surface area contributed by atoms with Crippen molar-refractivity contribution in [2.75, 3.05) is 13.3 Å². The van der Waals surface area contributed by atoms with Gasteiger partial charge in [0.05, 0.1) is 6.54 Å². The van der Waals surface area contributed by atoms with Crippen LogP contribution in [0.1, 0.15) is 24.5 Å². The van der Waals surface area contributed by atoms with Gasteiger partial charge in [-0.3, -0.25) is 4.90 Å². The van der Waals surface area contributed by atoms with Crippen molar-refractivity contribution in [1.82, 2.24) is 0 Å². The summed E-state index contributed by atoms with van der Waals surface area (Å²) in [7, 11) is 0. The molecule has 2 nitrogen and oxygen atoms in total. The van der Waals surface area contributed by atoms with Crippen molar-refractivity contribution in [3.63, 3.8) is 0 Å². The predicted octanol–water partition coefficient (Wildman–Crippen LogP) is -1.44. The lowest BCUT2D eigenvalue weighted by atomic mass is 10.0. The smallest absolute Gasteiger partial charge is 0.222 e. The van der Waals surface area contributed by atoms with E-state index in [4.69, 9.17) is 4.74 Å². The average Bonchev–Trinajstić information content (AvgIpc) is 2.30. The maximum Gasteiger partial charge on any atom is 0.222 e. The van der Waals surface area contributed by atoms with Crippen LogP contribution in [0, 0.1) is 0 Å². The van der Waals surface area contributed by atoms with Gasteiger partial charge in [-0.2, -0.15) is 0 Å². The number of allylic oxidation sites excluding steroid dienone is 1. The molecule has 1 aromatic carbocycles. The Labute approximate surface area is 114 Å². The zero-order valence-electron chi connectivity index (χ0n) is 10.3. The largest absolute Gasteiger partial charge is 1.00 e. The number of para-hydroxylation sites is 1. The lowest BCUT2D eigenvalue weighted by Gasteiger charge is -2.27. The van der Waals surface area contributed by atoms with Gasteiger partial charge in [0.25, 0.3) is 0 Å². The van der Waals surface area contributed by atoms with Crippen molar-refractivity contribution >= 4 is 0 Å². The van der Waals surface area contributed by atoms with Gasteiger partial charge in [-0.25, -0.2) is 0 Å². The normalized spacial score (nSPS) is 17.6. The molecule has 1 aliphatic rings. The summed E-state index contributed by atoms with van der Waals surface area (Å²) in [6.07, 6.45) is 4.04. The molecule has 17 heavy (non-hydrogen) atoms. The second-order valence-electron chi connectivity index (χ2n) is 4.36. The number of hydrogen-bond donors (Lipinski definition) is 1. The monoisotopic (exact) mass is 297 g/mol. The highest BCUT2D eigenvalue weighted by Crippen LogP contribution is 2.25. The first-order valence-electron chi connectivity index (χ1n) is 6.03. The summed E-state index contributed by atoms with van der Waals surface area (Å²) < 4.78 is 5.89. The van der Waals surface area contributed by atoms with Crippen molar-refractivity contribution in [3.8, 4) is 5.75 Å². The van der Waals surface area contributed by atoms with E-state index in [9.17, 15) is 0 Å². The van der Waals surface area contributed by atoms with E-state index in [1.165, 1.54) is 29.0 Å². The molecule has 0 radical (unpaired) electrons. The molecule has 1 aromatic rings. The molecule has 2 rings (SSSR count). The summed E-state index contributed by atoms with van der Waals surface area (Å²) in [6, 6.07) is 6.43. The first-order valence-corrected chi connectivity index (χ1v) is 6.03. The van der Waals surface area contributed by atoms with E-state index in [2.05, 4.69) is 31.7 Å². The van der Waals surface area contributed by atoms with Gasteiger partial charge in [0.15, 0.2) is 0 Å². The molecule has 94 valence electrons. The van der Waals surface area contributed by atoms with Crippen LogP contribution in [0.5, 0.6) is 5.75 Å². The zero-order chi connectivity index (χ0) is 11.4. The third-order valence-electron chi connectivity index (χ3n) is 3.01. The quantitative estimate of drug-likeness (QED) is 0.673. The highest BCUT2D eigenvalue weighted by Gasteiger charge is 2.21. The van der Waals surface area contributed by atoms with Crippen molar-refractivity contribution in [2.24, 2.45) is 0 Å². The Morgan fingerprint density at radius 3 is 3.00 bits per heavy atom. The van der Waals surface area contributed by atoms with E-state index >= 15 is 0 Å². The van der Waals surface area contributed by atoms with Crippen LogP contribution < -0.4 is 26.6 Å². The van der Waals surface area contributed by atoms with Gasteiger partial charge in [0.2, 0.25) is 6.73 Å². The van der Waals surface area contributed by atoms with Crippen LogP contribution in [0.2, 0.25) is 0 Å². The summed E-state index contributed by atoms with van der Waals surface area (Å²) in [6.45, 7) is 9.09. The minimum Gasteiger partial charge on any atom is -1.00 e. The third kappa shape index (κ3) is 3.33. The number of halogens is 1. The average molecular weight is 298 g/mol. The maximum atomic E-state index is 5.89. The minimum atomic E-state index is 0. The molecule has 0 spiro atoms. The van der Waals surface area contributed by atoms with E-state index in [0.29, 0.717) is 0 Å². The fourth-order valence-electron chi connectivity index (χ4n) is 2.29. The standard InChI is InChI=1S/C14H19NO.BrH/c1-3-6-12-7-5-8-13-10-15(9-4-2)11-16-14(12)13;/h3,5,7-8H,1,4,6,9-11H2,2H3;1H. The van der Waals surface area contributed by atoms with Gasteiger partial charge < -0.3 is 21.7 Å². The Bertz CT molecular complexity index is 378. The molecule has 0 aromatic heterocycles. The Kier molecular flexibility index (Phi) is 5.72. The number of rotatable bonds is 4. The van der Waals surface area contributed by atoms with Crippen LogP contribution in [0.25, 0.3) is 0 Å². The summed E-state index contributed by atoms with van der Waals surface area (Å²) >= 11 is 0. The van der Waals surface area contributed by atoms with Crippen LogP contribution in [0.15, 0.2) is 30.9 Å². The van der Waals surface area contributed by atoms with Gasteiger partial charge >= 0.3 is 0 Å². The molecule has 1 heterocycles. The SMILES string of the molecule is C=CCc1cccc2c1OC[NH+](CCC)C2.[Br-]. The van der Waals surface area contributed by atoms with E-state index in [1.807, 2.05) is 6.08 Å². The maximum absolute atomic E-state index is 5.89. The highest BCUT2D eigenvalue weighted by atomic mass is 79.9. The van der Waals surface area contributed by atoms with E-state index in [-0.39, 0.29) is 17.0 Å². The topological polar surface area (TPSA) is 13.7 Å². The predicted molar refractivity (Wildman–Crippen MR) is 65.7 cm³/mol. The van der Waals surface area contributed by atoms with Gasteiger partial charge in [0, 0.05) is 5.56 Å². The summed E-state index contributed by atoms with van der Waals surface area (Å²) in [5, 5.41) is 0. The van der Waals surface area contributed by atoms with Crippen LogP contribution in [-0.2, 0) is 13.0 Å². The van der Waals surface area contributed by atoms with Crippen molar-refractivity contribution < 1.29 is 26.6 Å². The molecule has 0 amide bonds. The van der Waals surface area contributed by atoms with E-state index in [0.717, 1.165) is 25.4 Å². The van der Waals surface area contributed by atoms with Gasteiger partial charge in [-0.15, -0.1) is 6.58 Å². The number of ether oxygens (including phenoxy) is 1. The molecule has 0 saturated carbocycles. The van der Waals surface area contributed by atoms with E-state index < -0.39 is 0 Å². The Morgan fingerprint density at radius 2 is 2.29 bits per heavy atom. The van der Waals surface area contributed by atoms with Crippen LogP contribution in [0.3, 0.4) is 0 Å². The molecule has 0 saturated heterocycles. The number of quaternary nitrogens is 1. The first kappa shape index (κ1) is 14.3. The number of hydrogen-bond acceptors (Lipinski definition) is 1. The summed E-state index contributed by atoms with van der Waals surface area (Å²) in [5.41, 5.74) is 2.61. The number of benzene rings is 1. The van der Waals surface area contributed by atoms with Gasteiger partial charge in [-0.05, 0) is 24.5 Å². The molecule has 3 heteroatoms. The molecule has 0 bridgehead atoms. The fourth-order valence-corrected chi connectivity index (χ4v) is 2.29. The van der Waals surface area contributed by atoms with Crippen molar-refractivity contribution in [1.29, 1.82) is 0 Å². The lowest BCUT2D eigenvalue weighted by Crippen LogP contribution is -3.12. The summed E-state index contributed by atoms with van der Waals surface area (Å²) in [4.78, 5) is 1.52. The van der Waals surface area contributed by atoms with Gasteiger partial charge in [-0.1, -0.05) is 25.1 Å². The molecular formula is C14H20BrNO. The fraction of sp³-hybridized carbons (Fsp3) is 0.429. The Hall–Kier alpha value is -0.800. The molecule has 1 unspecified atom stereocenters. The molecular weight excluding hydrogens is 278 g/mol. The molecule has 1 atom stereocenters. The Morgan fingerprint density at radius 1 is 1.47 bits per heavy atom. The lowest BCUT2D eigenvalue weighted by molar-refractivity contribution is -0.932. The second kappa shape index (κ2) is 6.82. The number of nitrogens with one attached hydrogen (secondary N) is 1. The molecule has 0 aliphatic carbocycles. The Balaban J connectivity index is 0.00000144. The molecule has 0 fully saturated rings. The zero-order valence-corrected chi connectivity index (χ0v) is 11.9. The third-order valence-corrected chi connectivity index (χ3v) is 3.01. The van der Waals surface area contributed by atoms with Crippen molar-refractivity contribution in [2.45, 2.75) is 26.3 Å². The van der Waals surface area contributed by atoms with Crippen molar-refractivity contribution in [3.05, 3.63) is 42.0 Å². The van der Waals surface area contributed by atoms with Gasteiger partial charge in [0.1, 0.15) is 12.3 Å². The van der Waals surface area contributed by atoms with Crippen LogP contribution in [-0.4, -0.2) is 13.3 Å². The molecule has 1 N–H and O–H groups in total. The van der Waals surface area contributed by atoms with Crippen LogP contribution in [0.4, 0.5) is 0 Å². The number of fused-ring (bicyclic) bond motifs is 1. The second-order valence-corrected chi connectivity index (χ2v) is 4.36. The first-order chi connectivity index (χ1) is 7.85.